The van der Waals surface area contributed by atoms with E-state index in [1.54, 1.807) is 37.3 Å². The summed E-state index contributed by atoms with van der Waals surface area (Å²) in [5, 5.41) is 10.4. The third-order valence-corrected chi connectivity index (χ3v) is 6.15. The molecule has 0 aliphatic rings. The Labute approximate surface area is 237 Å². The van der Waals surface area contributed by atoms with Gasteiger partial charge in [-0.15, -0.1) is 0 Å². The van der Waals surface area contributed by atoms with Crippen LogP contribution in [0.5, 0.6) is 11.5 Å². The lowest BCUT2D eigenvalue weighted by atomic mass is 10.1. The Bertz CT molecular complexity index is 1200. The highest BCUT2D eigenvalue weighted by Gasteiger charge is 2.18. The first-order valence-electron chi connectivity index (χ1n) is 12.5. The first-order valence-corrected chi connectivity index (χ1v) is 13.2. The number of hydrogen-bond acceptors (Lipinski definition) is 5. The van der Waals surface area contributed by atoms with Crippen molar-refractivity contribution in [1.82, 2.24) is 4.90 Å². The van der Waals surface area contributed by atoms with Gasteiger partial charge in [-0.2, -0.15) is 0 Å². The van der Waals surface area contributed by atoms with Crippen LogP contribution in [0.15, 0.2) is 66.7 Å². The summed E-state index contributed by atoms with van der Waals surface area (Å²) in [6, 6.07) is 17.6. The maximum absolute atomic E-state index is 13.2. The maximum Gasteiger partial charge on any atom is 0.415 e. The Hall–Kier alpha value is -3.33. The van der Waals surface area contributed by atoms with Gasteiger partial charge in [0.05, 0.1) is 6.54 Å². The number of hydrogen-bond donors (Lipinski definition) is 1. The molecule has 0 aliphatic heterocycles. The van der Waals surface area contributed by atoms with Gasteiger partial charge in [-0.3, -0.25) is 0 Å². The SMILES string of the molecule is CCOC(Cc1ccc(OCCN(CCCc2cc(Cl)cc(Cl)c2)C(=O)Oc2ccc(F)cc2)cc1)C(=O)O. The van der Waals surface area contributed by atoms with Gasteiger partial charge in [0.25, 0.3) is 0 Å². The van der Waals surface area contributed by atoms with E-state index in [1.807, 2.05) is 12.1 Å². The Kier molecular flexibility index (Phi) is 11.9. The molecule has 0 fully saturated rings. The number of nitrogens with zero attached hydrogens (tertiary/aromatic N) is 1. The molecule has 1 amide bonds. The van der Waals surface area contributed by atoms with Crippen molar-refractivity contribution in [2.45, 2.75) is 32.3 Å². The van der Waals surface area contributed by atoms with E-state index in [1.165, 1.54) is 29.2 Å². The predicted octanol–water partition coefficient (Wildman–Crippen LogP) is 6.68. The fraction of sp³-hybridized carbons (Fsp3) is 0.310. The number of amides is 1. The number of rotatable bonds is 14. The molecule has 0 heterocycles. The molecule has 1 N–H and O–H groups in total. The van der Waals surface area contributed by atoms with Gasteiger partial charge in [-0.1, -0.05) is 35.3 Å². The maximum atomic E-state index is 13.2. The standard InChI is InChI=1S/C29H30Cl2FNO6/c1-2-37-27(28(34)35)18-20-5-9-25(10-6-20)38-15-14-33(29(36)39-26-11-7-24(32)8-12-26)13-3-4-21-16-22(30)19-23(31)17-21/h5-12,16-17,19,27H,2-4,13-15,18H2,1H3,(H,34,35). The van der Waals surface area contributed by atoms with Crippen LogP contribution in [-0.4, -0.2) is 54.5 Å². The van der Waals surface area contributed by atoms with Gasteiger partial charge in [-0.05, 0) is 85.5 Å². The molecule has 208 valence electrons. The Morgan fingerprint density at radius 2 is 1.56 bits per heavy atom. The smallest absolute Gasteiger partial charge is 0.415 e. The van der Waals surface area contributed by atoms with Gasteiger partial charge >= 0.3 is 12.1 Å². The minimum Gasteiger partial charge on any atom is -0.492 e. The molecule has 0 radical (unpaired) electrons. The number of benzene rings is 3. The topological polar surface area (TPSA) is 85.3 Å². The molecule has 0 saturated heterocycles. The molecule has 0 bridgehead atoms. The fourth-order valence-electron chi connectivity index (χ4n) is 3.82. The third kappa shape index (κ3) is 10.4. The van der Waals surface area contributed by atoms with Crippen molar-refractivity contribution in [1.29, 1.82) is 0 Å². The van der Waals surface area contributed by atoms with E-state index >= 15 is 0 Å². The molecule has 10 heteroatoms. The average molecular weight is 578 g/mol. The monoisotopic (exact) mass is 577 g/mol. The molecule has 7 nitrogen and oxygen atoms in total. The van der Waals surface area contributed by atoms with Gasteiger partial charge in [0.2, 0.25) is 0 Å². The summed E-state index contributed by atoms with van der Waals surface area (Å²) < 4.78 is 29.7. The molecule has 39 heavy (non-hydrogen) atoms. The largest absolute Gasteiger partial charge is 0.492 e. The summed E-state index contributed by atoms with van der Waals surface area (Å²) in [6.07, 6.45) is 0.00604. The Morgan fingerprint density at radius 3 is 2.18 bits per heavy atom. The Balaban J connectivity index is 1.58. The van der Waals surface area contributed by atoms with Crippen LogP contribution in [0, 0.1) is 5.82 Å². The van der Waals surface area contributed by atoms with Crippen LogP contribution in [0.1, 0.15) is 24.5 Å². The highest BCUT2D eigenvalue weighted by Crippen LogP contribution is 2.21. The molecular weight excluding hydrogens is 548 g/mol. The third-order valence-electron chi connectivity index (χ3n) is 5.71. The normalized spacial score (nSPS) is 11.6. The molecular formula is C29H30Cl2FNO6. The van der Waals surface area contributed by atoms with E-state index in [2.05, 4.69) is 0 Å². The Morgan fingerprint density at radius 1 is 0.923 bits per heavy atom. The highest BCUT2D eigenvalue weighted by atomic mass is 35.5. The summed E-state index contributed by atoms with van der Waals surface area (Å²) in [5.74, 6) is -0.635. The quantitative estimate of drug-likeness (QED) is 0.230. The lowest BCUT2D eigenvalue weighted by Gasteiger charge is -2.22. The van der Waals surface area contributed by atoms with Crippen molar-refractivity contribution in [2.75, 3.05) is 26.3 Å². The summed E-state index contributed by atoms with van der Waals surface area (Å²) in [4.78, 5) is 25.7. The van der Waals surface area contributed by atoms with Crippen LogP contribution < -0.4 is 9.47 Å². The number of carbonyl (C=O) groups excluding carboxylic acids is 1. The van der Waals surface area contributed by atoms with Crippen LogP contribution in [0.25, 0.3) is 0 Å². The molecule has 1 atom stereocenters. The van der Waals surface area contributed by atoms with Crippen LogP contribution in [0.2, 0.25) is 10.0 Å². The van der Waals surface area contributed by atoms with Crippen LogP contribution in [-0.2, 0) is 22.4 Å². The average Bonchev–Trinajstić information content (AvgIpc) is 2.89. The minimum atomic E-state index is -1.01. The van der Waals surface area contributed by atoms with Crippen molar-refractivity contribution < 1.29 is 33.3 Å². The number of aryl methyl sites for hydroxylation is 1. The zero-order valence-electron chi connectivity index (χ0n) is 21.4. The predicted molar refractivity (Wildman–Crippen MR) is 147 cm³/mol. The van der Waals surface area contributed by atoms with Crippen molar-refractivity contribution in [2.24, 2.45) is 0 Å². The van der Waals surface area contributed by atoms with Gasteiger partial charge in [-0.25, -0.2) is 14.0 Å². The molecule has 3 aromatic carbocycles. The van der Waals surface area contributed by atoms with Crippen molar-refractivity contribution in [3.63, 3.8) is 0 Å². The van der Waals surface area contributed by atoms with Gasteiger partial charge in [0.15, 0.2) is 6.10 Å². The van der Waals surface area contributed by atoms with E-state index in [-0.39, 0.29) is 25.3 Å². The second kappa shape index (κ2) is 15.3. The zero-order chi connectivity index (χ0) is 28.2. The summed E-state index contributed by atoms with van der Waals surface area (Å²) in [5.41, 5.74) is 1.75. The van der Waals surface area contributed by atoms with E-state index in [9.17, 15) is 19.1 Å². The number of ether oxygens (including phenoxy) is 3. The second-order valence-electron chi connectivity index (χ2n) is 8.67. The van der Waals surface area contributed by atoms with Gasteiger partial charge in [0.1, 0.15) is 23.9 Å². The van der Waals surface area contributed by atoms with Crippen molar-refractivity contribution in [3.05, 3.63) is 93.7 Å². The second-order valence-corrected chi connectivity index (χ2v) is 9.54. The van der Waals surface area contributed by atoms with Crippen LogP contribution in [0.4, 0.5) is 9.18 Å². The van der Waals surface area contributed by atoms with Crippen molar-refractivity contribution >= 4 is 35.3 Å². The lowest BCUT2D eigenvalue weighted by molar-refractivity contribution is -0.149. The number of carboxylic acid groups (broad SMARTS) is 1. The van der Waals surface area contributed by atoms with E-state index < -0.39 is 24.0 Å². The summed E-state index contributed by atoms with van der Waals surface area (Å²) in [7, 11) is 0. The number of carbonyl (C=O) groups is 2. The molecule has 0 saturated carbocycles. The first-order chi connectivity index (χ1) is 18.7. The van der Waals surface area contributed by atoms with E-state index in [0.29, 0.717) is 41.8 Å². The summed E-state index contributed by atoms with van der Waals surface area (Å²) in [6.45, 7) is 2.87. The van der Waals surface area contributed by atoms with E-state index in [4.69, 9.17) is 37.4 Å². The lowest BCUT2D eigenvalue weighted by Crippen LogP contribution is -2.37. The highest BCUT2D eigenvalue weighted by molar-refractivity contribution is 6.34. The molecule has 0 aromatic heterocycles. The molecule has 0 spiro atoms. The number of halogens is 3. The van der Waals surface area contributed by atoms with E-state index in [0.717, 1.165) is 11.1 Å². The first kappa shape index (κ1) is 30.2. The van der Waals surface area contributed by atoms with Gasteiger partial charge < -0.3 is 24.2 Å². The van der Waals surface area contributed by atoms with Crippen LogP contribution >= 0.6 is 23.2 Å². The van der Waals surface area contributed by atoms with Gasteiger partial charge in [0, 0.05) is 29.6 Å². The minimum absolute atomic E-state index is 0.192. The number of carboxylic acids is 1. The summed E-state index contributed by atoms with van der Waals surface area (Å²) >= 11 is 12.2. The zero-order valence-corrected chi connectivity index (χ0v) is 23.0. The molecule has 0 aliphatic carbocycles. The van der Waals surface area contributed by atoms with Crippen LogP contribution in [0.3, 0.4) is 0 Å². The molecule has 3 rings (SSSR count). The fourth-order valence-corrected chi connectivity index (χ4v) is 4.39. The molecule has 1 unspecified atom stereocenters. The number of aliphatic carboxylic acids is 1. The molecule has 3 aromatic rings. The van der Waals surface area contributed by atoms with Crippen molar-refractivity contribution in [3.8, 4) is 11.5 Å².